The standard InChI is InChI=1S/C14H19NS/c1-3-4-5-8-12(15-2)14-10-11-7-6-9-13(11)16-14/h10,12,15H,5-9H2,1-2H3. The van der Waals surface area contributed by atoms with Gasteiger partial charge in [-0.1, -0.05) is 0 Å². The van der Waals surface area contributed by atoms with E-state index in [0.717, 1.165) is 12.8 Å². The molecule has 0 spiro atoms. The van der Waals surface area contributed by atoms with Gasteiger partial charge in [0.15, 0.2) is 0 Å². The highest BCUT2D eigenvalue weighted by Gasteiger charge is 2.18. The Bertz CT molecular complexity index is 387. The fourth-order valence-electron chi connectivity index (χ4n) is 2.29. The average molecular weight is 233 g/mol. The Morgan fingerprint density at radius 3 is 3.06 bits per heavy atom. The maximum atomic E-state index is 3.41. The smallest absolute Gasteiger partial charge is 0.0421 e. The van der Waals surface area contributed by atoms with Gasteiger partial charge in [0.25, 0.3) is 0 Å². The molecule has 1 nitrogen and oxygen atoms in total. The van der Waals surface area contributed by atoms with Crippen molar-refractivity contribution in [2.24, 2.45) is 0 Å². The van der Waals surface area contributed by atoms with Crippen LogP contribution in [0.1, 0.15) is 47.5 Å². The van der Waals surface area contributed by atoms with Crippen LogP contribution in [0.2, 0.25) is 0 Å². The Kier molecular flexibility index (Phi) is 4.04. The predicted molar refractivity (Wildman–Crippen MR) is 70.8 cm³/mol. The zero-order chi connectivity index (χ0) is 11.4. The minimum atomic E-state index is 0.497. The molecule has 1 aromatic rings. The monoisotopic (exact) mass is 233 g/mol. The summed E-state index contributed by atoms with van der Waals surface area (Å²) in [5.74, 6) is 6.11. The first-order valence-corrected chi connectivity index (χ1v) is 6.85. The maximum absolute atomic E-state index is 3.41. The second-order valence-corrected chi connectivity index (χ2v) is 5.43. The fourth-order valence-corrected chi connectivity index (χ4v) is 3.70. The zero-order valence-electron chi connectivity index (χ0n) is 10.1. The molecule has 1 N–H and O–H groups in total. The molecule has 86 valence electrons. The summed E-state index contributed by atoms with van der Waals surface area (Å²) in [6.07, 6.45) is 6.05. The lowest BCUT2D eigenvalue weighted by atomic mass is 10.1. The number of thiophene rings is 1. The van der Waals surface area contributed by atoms with Crippen molar-refractivity contribution in [3.8, 4) is 11.8 Å². The summed E-state index contributed by atoms with van der Waals surface area (Å²) in [6, 6.07) is 2.91. The number of nitrogens with one attached hydrogen (secondary N) is 1. The SMILES string of the molecule is CC#CCCC(NC)c1cc2c(s1)CCC2. The molecule has 0 amide bonds. The molecule has 1 aliphatic carbocycles. The van der Waals surface area contributed by atoms with E-state index in [1.807, 2.05) is 18.3 Å². The molecule has 1 aromatic heterocycles. The van der Waals surface area contributed by atoms with Gasteiger partial charge in [0.05, 0.1) is 0 Å². The van der Waals surface area contributed by atoms with E-state index in [-0.39, 0.29) is 0 Å². The third-order valence-corrected chi connectivity index (χ3v) is 4.54. The normalized spacial score (nSPS) is 15.4. The molecule has 1 aliphatic rings. The third-order valence-electron chi connectivity index (χ3n) is 3.19. The summed E-state index contributed by atoms with van der Waals surface area (Å²) in [5, 5.41) is 3.41. The topological polar surface area (TPSA) is 12.0 Å². The van der Waals surface area contributed by atoms with Gasteiger partial charge < -0.3 is 5.32 Å². The number of hydrogen-bond donors (Lipinski definition) is 1. The summed E-state index contributed by atoms with van der Waals surface area (Å²) in [7, 11) is 2.05. The zero-order valence-corrected chi connectivity index (χ0v) is 10.9. The van der Waals surface area contributed by atoms with Crippen LogP contribution >= 0.6 is 11.3 Å². The maximum Gasteiger partial charge on any atom is 0.0421 e. The van der Waals surface area contributed by atoms with Crippen LogP contribution in [0, 0.1) is 11.8 Å². The van der Waals surface area contributed by atoms with Gasteiger partial charge in [-0.15, -0.1) is 23.2 Å². The van der Waals surface area contributed by atoms with E-state index in [1.165, 1.54) is 24.1 Å². The van der Waals surface area contributed by atoms with E-state index >= 15 is 0 Å². The van der Waals surface area contributed by atoms with Gasteiger partial charge in [0.2, 0.25) is 0 Å². The number of rotatable bonds is 4. The number of aryl methyl sites for hydroxylation is 2. The minimum Gasteiger partial charge on any atom is -0.312 e. The Hall–Kier alpha value is -0.780. The molecule has 0 aromatic carbocycles. The van der Waals surface area contributed by atoms with E-state index in [0.29, 0.717) is 6.04 Å². The van der Waals surface area contributed by atoms with E-state index in [2.05, 4.69) is 30.3 Å². The van der Waals surface area contributed by atoms with Gasteiger partial charge in [0, 0.05) is 22.2 Å². The van der Waals surface area contributed by atoms with Gasteiger partial charge in [-0.2, -0.15) is 0 Å². The third kappa shape index (κ3) is 2.48. The Morgan fingerprint density at radius 2 is 2.38 bits per heavy atom. The molecule has 0 fully saturated rings. The van der Waals surface area contributed by atoms with E-state index < -0.39 is 0 Å². The van der Waals surface area contributed by atoms with E-state index in [9.17, 15) is 0 Å². The van der Waals surface area contributed by atoms with Crippen molar-refractivity contribution in [3.63, 3.8) is 0 Å². The molecule has 1 atom stereocenters. The molecule has 2 rings (SSSR count). The summed E-state index contributed by atoms with van der Waals surface area (Å²) in [4.78, 5) is 3.13. The average Bonchev–Trinajstić information content (AvgIpc) is 2.84. The second kappa shape index (κ2) is 5.52. The lowest BCUT2D eigenvalue weighted by molar-refractivity contribution is 0.567. The van der Waals surface area contributed by atoms with Gasteiger partial charge in [0.1, 0.15) is 0 Å². The van der Waals surface area contributed by atoms with Crippen molar-refractivity contribution in [1.29, 1.82) is 0 Å². The molecule has 0 saturated carbocycles. The van der Waals surface area contributed by atoms with Gasteiger partial charge in [-0.25, -0.2) is 0 Å². The minimum absolute atomic E-state index is 0.497. The van der Waals surface area contributed by atoms with E-state index in [1.54, 1.807) is 10.4 Å². The summed E-state index contributed by atoms with van der Waals surface area (Å²) < 4.78 is 0. The quantitative estimate of drug-likeness (QED) is 0.787. The second-order valence-electron chi connectivity index (χ2n) is 4.26. The molecule has 16 heavy (non-hydrogen) atoms. The van der Waals surface area contributed by atoms with Gasteiger partial charge in [-0.3, -0.25) is 0 Å². The highest BCUT2D eigenvalue weighted by molar-refractivity contribution is 7.12. The fraction of sp³-hybridized carbons (Fsp3) is 0.571. The molecule has 1 unspecified atom stereocenters. The van der Waals surface area contributed by atoms with Crippen LogP contribution in [0.4, 0.5) is 0 Å². The van der Waals surface area contributed by atoms with Gasteiger partial charge >= 0.3 is 0 Å². The number of fused-ring (bicyclic) bond motifs is 1. The van der Waals surface area contributed by atoms with Crippen LogP contribution in [0.15, 0.2) is 6.07 Å². The summed E-state index contributed by atoms with van der Waals surface area (Å²) >= 11 is 2.00. The Labute approximate surface area is 102 Å². The van der Waals surface area contributed by atoms with Gasteiger partial charge in [-0.05, 0) is 51.3 Å². The lowest BCUT2D eigenvalue weighted by Crippen LogP contribution is -2.14. The van der Waals surface area contributed by atoms with Crippen molar-refractivity contribution >= 4 is 11.3 Å². The summed E-state index contributed by atoms with van der Waals surface area (Å²) in [5.41, 5.74) is 1.60. The van der Waals surface area contributed by atoms with Crippen molar-refractivity contribution in [2.75, 3.05) is 7.05 Å². The van der Waals surface area contributed by atoms with Crippen molar-refractivity contribution in [1.82, 2.24) is 5.32 Å². The first-order valence-electron chi connectivity index (χ1n) is 6.03. The molecule has 0 bridgehead atoms. The largest absolute Gasteiger partial charge is 0.312 e. The summed E-state index contributed by atoms with van der Waals surface area (Å²) in [6.45, 7) is 1.91. The predicted octanol–water partition coefficient (Wildman–Crippen LogP) is 3.30. The Morgan fingerprint density at radius 1 is 1.50 bits per heavy atom. The molecule has 0 radical (unpaired) electrons. The highest BCUT2D eigenvalue weighted by Crippen LogP contribution is 2.34. The number of hydrogen-bond acceptors (Lipinski definition) is 2. The first kappa shape index (κ1) is 11.7. The van der Waals surface area contributed by atoms with Crippen molar-refractivity contribution < 1.29 is 0 Å². The Balaban J connectivity index is 2.04. The van der Waals surface area contributed by atoms with Crippen molar-refractivity contribution in [3.05, 3.63) is 21.4 Å². The highest BCUT2D eigenvalue weighted by atomic mass is 32.1. The molecular formula is C14H19NS. The molecule has 0 aliphatic heterocycles. The molecule has 2 heteroatoms. The molecule has 1 heterocycles. The molecular weight excluding hydrogens is 214 g/mol. The van der Waals surface area contributed by atoms with Crippen LogP contribution in [0.25, 0.3) is 0 Å². The lowest BCUT2D eigenvalue weighted by Gasteiger charge is -2.12. The van der Waals surface area contributed by atoms with Crippen LogP contribution in [0.3, 0.4) is 0 Å². The first-order chi connectivity index (χ1) is 7.85. The van der Waals surface area contributed by atoms with Crippen LogP contribution in [-0.2, 0) is 12.8 Å². The van der Waals surface area contributed by atoms with Crippen molar-refractivity contribution in [2.45, 2.75) is 45.1 Å². The van der Waals surface area contributed by atoms with E-state index in [4.69, 9.17) is 0 Å². The molecule has 0 saturated heterocycles. The van der Waals surface area contributed by atoms with Crippen LogP contribution < -0.4 is 5.32 Å². The van der Waals surface area contributed by atoms with Crippen LogP contribution in [-0.4, -0.2) is 7.05 Å². The van der Waals surface area contributed by atoms with Crippen LogP contribution in [0.5, 0.6) is 0 Å².